The van der Waals surface area contributed by atoms with E-state index < -0.39 is 6.10 Å². The minimum Gasteiger partial charge on any atom is -0.488 e. The van der Waals surface area contributed by atoms with Gasteiger partial charge in [0, 0.05) is 6.42 Å². The number of nitrogens with zero attached hydrogens (tertiary/aromatic N) is 4. The van der Waals surface area contributed by atoms with Gasteiger partial charge in [0.2, 0.25) is 0 Å². The van der Waals surface area contributed by atoms with E-state index >= 15 is 0 Å². The van der Waals surface area contributed by atoms with Crippen LogP contribution in [-0.4, -0.2) is 26.2 Å². The van der Waals surface area contributed by atoms with Gasteiger partial charge in [0.05, 0.1) is 30.5 Å². The molecule has 2 atom stereocenters. The molecule has 6 heteroatoms. The fourth-order valence-corrected chi connectivity index (χ4v) is 2.99. The van der Waals surface area contributed by atoms with Crippen LogP contribution in [-0.2, 0) is 13.0 Å². The third kappa shape index (κ3) is 3.74. The van der Waals surface area contributed by atoms with Gasteiger partial charge in [0.15, 0.2) is 0 Å². The zero-order chi connectivity index (χ0) is 16.9. The van der Waals surface area contributed by atoms with Gasteiger partial charge in [0.1, 0.15) is 17.5 Å². The van der Waals surface area contributed by atoms with Crippen LogP contribution in [0.3, 0.4) is 0 Å². The Bertz CT molecular complexity index is 735. The first-order chi connectivity index (χ1) is 11.7. The van der Waals surface area contributed by atoms with Gasteiger partial charge >= 0.3 is 0 Å². The highest BCUT2D eigenvalue weighted by atomic mass is 16.5. The van der Waals surface area contributed by atoms with Gasteiger partial charge < -0.3 is 9.84 Å². The number of unbranched alkanes of at least 4 members (excludes halogenated alkanes) is 2. The summed E-state index contributed by atoms with van der Waals surface area (Å²) < 4.78 is 7.62. The zero-order valence-electron chi connectivity index (χ0n) is 13.9. The van der Waals surface area contributed by atoms with Gasteiger partial charge in [-0.3, -0.25) is 0 Å². The summed E-state index contributed by atoms with van der Waals surface area (Å²) in [4.78, 5) is 0. The minimum atomic E-state index is -0.551. The van der Waals surface area contributed by atoms with Crippen LogP contribution in [0.2, 0.25) is 0 Å². The van der Waals surface area contributed by atoms with Crippen molar-refractivity contribution in [1.29, 1.82) is 5.26 Å². The number of benzene rings is 1. The number of nitriles is 1. The Labute approximate surface area is 141 Å². The van der Waals surface area contributed by atoms with Crippen molar-refractivity contribution in [1.82, 2.24) is 15.0 Å². The normalized spacial score (nSPS) is 17.1. The smallest absolute Gasteiger partial charge is 0.123 e. The molecule has 0 bridgehead atoms. The molecular formula is C18H22N4O2. The Morgan fingerprint density at radius 1 is 1.46 bits per heavy atom. The standard InChI is InChI=1S/C18H22N4O2/c1-2-3-4-5-17(23)16-12-22(21-20-16)11-15-9-14-8-13(10-19)6-7-18(14)24-15/h6-8,12,15,17,23H,2-5,9,11H2,1H3. The van der Waals surface area contributed by atoms with E-state index in [2.05, 4.69) is 23.3 Å². The van der Waals surface area contributed by atoms with Crippen LogP contribution in [0.1, 0.15) is 55.5 Å². The zero-order valence-corrected chi connectivity index (χ0v) is 13.9. The minimum absolute atomic E-state index is 0.0271. The average Bonchev–Trinajstić information content (AvgIpc) is 3.20. The third-order valence-electron chi connectivity index (χ3n) is 4.30. The molecule has 0 spiro atoms. The van der Waals surface area contributed by atoms with Crippen LogP contribution in [0, 0.1) is 11.3 Å². The van der Waals surface area contributed by atoms with E-state index in [4.69, 9.17) is 10.00 Å². The molecule has 1 aromatic heterocycles. The van der Waals surface area contributed by atoms with Crippen molar-refractivity contribution in [2.24, 2.45) is 0 Å². The highest BCUT2D eigenvalue weighted by Crippen LogP contribution is 2.30. The molecule has 0 fully saturated rings. The second kappa shape index (κ2) is 7.45. The van der Waals surface area contributed by atoms with Crippen LogP contribution in [0.15, 0.2) is 24.4 Å². The lowest BCUT2D eigenvalue weighted by molar-refractivity contribution is 0.158. The first-order valence-electron chi connectivity index (χ1n) is 8.47. The largest absolute Gasteiger partial charge is 0.488 e. The maximum Gasteiger partial charge on any atom is 0.123 e. The van der Waals surface area contributed by atoms with Gasteiger partial charge in [-0.25, -0.2) is 4.68 Å². The summed E-state index contributed by atoms with van der Waals surface area (Å²) in [6, 6.07) is 7.63. The number of rotatable bonds is 7. The van der Waals surface area contributed by atoms with E-state index in [1.165, 1.54) is 0 Å². The maximum atomic E-state index is 10.1. The number of hydrogen-bond donors (Lipinski definition) is 1. The molecule has 24 heavy (non-hydrogen) atoms. The summed E-state index contributed by atoms with van der Waals surface area (Å²) >= 11 is 0. The van der Waals surface area contributed by atoms with Crippen molar-refractivity contribution >= 4 is 0 Å². The number of ether oxygens (including phenoxy) is 1. The van der Waals surface area contributed by atoms with Crippen molar-refractivity contribution in [2.75, 3.05) is 0 Å². The summed E-state index contributed by atoms with van der Waals surface area (Å²) in [5.41, 5.74) is 2.32. The predicted octanol–water partition coefficient (Wildman–Crippen LogP) is 2.77. The Morgan fingerprint density at radius 2 is 2.33 bits per heavy atom. The van der Waals surface area contributed by atoms with Gasteiger partial charge in [-0.05, 0) is 30.2 Å². The molecule has 1 aromatic carbocycles. The van der Waals surface area contributed by atoms with Crippen LogP contribution >= 0.6 is 0 Å². The summed E-state index contributed by atoms with van der Waals surface area (Å²) in [6.07, 6.45) is 5.92. The molecule has 126 valence electrons. The summed E-state index contributed by atoms with van der Waals surface area (Å²) in [6.45, 7) is 2.72. The van der Waals surface area contributed by atoms with Crippen molar-refractivity contribution < 1.29 is 9.84 Å². The Hall–Kier alpha value is -2.39. The molecule has 3 rings (SSSR count). The van der Waals surface area contributed by atoms with E-state index in [1.54, 1.807) is 16.9 Å². The Kier molecular flexibility index (Phi) is 5.11. The summed E-state index contributed by atoms with van der Waals surface area (Å²) in [5.74, 6) is 0.832. The van der Waals surface area contributed by atoms with Crippen molar-refractivity contribution in [3.63, 3.8) is 0 Å². The average molecular weight is 326 g/mol. The predicted molar refractivity (Wildman–Crippen MR) is 88.4 cm³/mol. The highest BCUT2D eigenvalue weighted by molar-refractivity contribution is 5.44. The molecule has 6 nitrogen and oxygen atoms in total. The molecule has 1 aliphatic rings. The first-order valence-corrected chi connectivity index (χ1v) is 8.47. The van der Waals surface area contributed by atoms with Gasteiger partial charge in [-0.1, -0.05) is 31.4 Å². The third-order valence-corrected chi connectivity index (χ3v) is 4.30. The second-order valence-electron chi connectivity index (χ2n) is 6.26. The number of hydrogen-bond acceptors (Lipinski definition) is 5. The lowest BCUT2D eigenvalue weighted by atomic mass is 10.1. The number of fused-ring (bicyclic) bond motifs is 1. The van der Waals surface area contributed by atoms with E-state index in [0.717, 1.165) is 43.4 Å². The van der Waals surface area contributed by atoms with Crippen molar-refractivity contribution in [3.05, 3.63) is 41.2 Å². The van der Waals surface area contributed by atoms with Crippen molar-refractivity contribution in [3.8, 4) is 11.8 Å². The molecular weight excluding hydrogens is 304 g/mol. The second-order valence-corrected chi connectivity index (χ2v) is 6.26. The molecule has 0 radical (unpaired) electrons. The highest BCUT2D eigenvalue weighted by Gasteiger charge is 2.24. The fraction of sp³-hybridized carbons (Fsp3) is 0.500. The van der Waals surface area contributed by atoms with E-state index in [9.17, 15) is 5.11 Å². The van der Waals surface area contributed by atoms with Gasteiger partial charge in [-0.2, -0.15) is 5.26 Å². The van der Waals surface area contributed by atoms with Crippen LogP contribution < -0.4 is 4.74 Å². The molecule has 0 saturated carbocycles. The molecule has 1 aliphatic heterocycles. The summed E-state index contributed by atoms with van der Waals surface area (Å²) in [7, 11) is 0. The van der Waals surface area contributed by atoms with Gasteiger partial charge in [-0.15, -0.1) is 5.10 Å². The van der Waals surface area contributed by atoms with Crippen LogP contribution in [0.4, 0.5) is 0 Å². The monoisotopic (exact) mass is 326 g/mol. The number of aliphatic hydroxyl groups is 1. The maximum absolute atomic E-state index is 10.1. The Balaban J connectivity index is 1.57. The molecule has 0 saturated heterocycles. The quantitative estimate of drug-likeness (QED) is 0.791. The lowest BCUT2D eigenvalue weighted by Gasteiger charge is -2.10. The number of aliphatic hydroxyl groups excluding tert-OH is 1. The molecule has 0 amide bonds. The van der Waals surface area contributed by atoms with Crippen LogP contribution in [0.5, 0.6) is 5.75 Å². The first kappa shape index (κ1) is 16.5. The van der Waals surface area contributed by atoms with Crippen molar-refractivity contribution in [2.45, 2.75) is 57.8 Å². The fourth-order valence-electron chi connectivity index (χ4n) is 2.99. The number of aromatic nitrogens is 3. The molecule has 1 N–H and O–H groups in total. The molecule has 2 aromatic rings. The molecule has 2 heterocycles. The van der Waals surface area contributed by atoms with E-state index in [0.29, 0.717) is 17.8 Å². The molecule has 2 unspecified atom stereocenters. The van der Waals surface area contributed by atoms with Gasteiger partial charge in [0.25, 0.3) is 0 Å². The molecule has 0 aliphatic carbocycles. The SMILES string of the molecule is CCCCCC(O)c1cn(CC2Cc3cc(C#N)ccc3O2)nn1. The summed E-state index contributed by atoms with van der Waals surface area (Å²) in [5, 5.41) is 27.3. The van der Waals surface area contributed by atoms with E-state index in [-0.39, 0.29) is 6.10 Å². The van der Waals surface area contributed by atoms with Crippen LogP contribution in [0.25, 0.3) is 0 Å². The lowest BCUT2D eigenvalue weighted by Crippen LogP contribution is -2.21. The van der Waals surface area contributed by atoms with E-state index in [1.807, 2.05) is 12.1 Å². The Morgan fingerprint density at radius 3 is 3.12 bits per heavy atom. The topological polar surface area (TPSA) is 84.0 Å².